The Bertz CT molecular complexity index is 3810. The number of carbonyl (C=O) groups excluding carboxylic acids is 6. The van der Waals surface area contributed by atoms with Gasteiger partial charge in [-0.3, -0.25) is 19.2 Å². The van der Waals surface area contributed by atoms with E-state index < -0.39 is 159 Å². The highest BCUT2D eigenvalue weighted by Crippen LogP contribution is 2.46. The van der Waals surface area contributed by atoms with Crippen LogP contribution in [0.15, 0.2) is 72.8 Å². The van der Waals surface area contributed by atoms with E-state index in [1.54, 1.807) is 20.8 Å². The van der Waals surface area contributed by atoms with Crippen LogP contribution >= 0.6 is 0 Å². The van der Waals surface area contributed by atoms with Gasteiger partial charge in [-0.25, -0.2) is 19.4 Å². The average molecular weight is 1460 g/mol. The van der Waals surface area contributed by atoms with Gasteiger partial charge in [0.15, 0.2) is 35.5 Å². The molecule has 0 aliphatic carbocycles. The van der Waals surface area contributed by atoms with Gasteiger partial charge >= 0.3 is 12.2 Å². The number of hydrogen-bond donors (Lipinski definition) is 12. The molecule has 6 heterocycles. The summed E-state index contributed by atoms with van der Waals surface area (Å²) >= 11 is 0. The maximum absolute atomic E-state index is 14.6. The fourth-order valence-corrected chi connectivity index (χ4v) is 13.3. The number of benzene rings is 4. The highest BCUT2D eigenvalue weighted by Gasteiger charge is 2.52. The Hall–Kier alpha value is -8.68. The van der Waals surface area contributed by atoms with Gasteiger partial charge < -0.3 is 124 Å². The van der Waals surface area contributed by atoms with Crippen molar-refractivity contribution in [3.63, 3.8) is 0 Å². The van der Waals surface area contributed by atoms with Crippen molar-refractivity contribution < 1.29 is 132 Å². The van der Waals surface area contributed by atoms with Crippen molar-refractivity contribution in [1.82, 2.24) is 20.4 Å². The van der Waals surface area contributed by atoms with Gasteiger partial charge in [-0.2, -0.15) is 0 Å². The Morgan fingerprint density at radius 3 is 1.52 bits per heavy atom. The van der Waals surface area contributed by atoms with Gasteiger partial charge in [-0.1, -0.05) is 38.1 Å². The molecular formula is C71H92N6O27. The lowest BCUT2D eigenvalue weighted by atomic mass is 9.90. The molecule has 14 atom stereocenters. The zero-order valence-electron chi connectivity index (χ0n) is 58.9. The lowest BCUT2D eigenvalue weighted by molar-refractivity contribution is -0.277. The second-order valence-electron chi connectivity index (χ2n) is 28.0. The summed E-state index contributed by atoms with van der Waals surface area (Å²) in [5.41, 5.74) is -0.550. The predicted molar refractivity (Wildman–Crippen MR) is 363 cm³/mol. The number of rotatable bonds is 25. The molecule has 33 heteroatoms. The molecule has 0 spiro atoms. The highest BCUT2D eigenvalue weighted by molar-refractivity contribution is 6.07. The summed E-state index contributed by atoms with van der Waals surface area (Å²) in [4.78, 5) is 90.5. The molecule has 568 valence electrons. The van der Waals surface area contributed by atoms with Crippen LogP contribution in [0, 0.1) is 5.41 Å². The molecule has 0 bridgehead atoms. The maximum atomic E-state index is 14.6. The van der Waals surface area contributed by atoms with Crippen LogP contribution in [0.4, 0.5) is 21.0 Å². The number of methoxy groups -OCH3 is 3. The number of unbranched alkanes of at least 4 members (excludes halogenated alkanes) is 2. The topological polar surface area (TPSA) is 443 Å². The lowest BCUT2D eigenvalue weighted by Crippen LogP contribution is -2.60. The quantitative estimate of drug-likeness (QED) is 0.0331. The molecule has 6 aliphatic heterocycles. The Balaban J connectivity index is 0.828. The van der Waals surface area contributed by atoms with Crippen molar-refractivity contribution >= 4 is 47.2 Å². The number of anilines is 2. The number of fused-ring (bicyclic) bond motifs is 4. The molecule has 6 amide bonds. The SMILES string of the molecule is C=C1C[C@H]2C(O)N(C(=O)OCc3ccc(O[C@@H]4O[C@H](CO)[C@H](O)[C@H](O)[C@H]4O)c(C(=O)NC(C)(C)C)c3)c3cc(OCCCCCOc4cc5c(cc4OC)C(=O)N4CC(C)(C)C[C@H]4C(O)N5C(=O)OCc4ccc(O[C@@H]5O[C@H](CO)[C@H](O)[C@H](O)[C@H]5O)c(C(=O)NCCOC)c4)c(OC)cc3C(=O)N2C1. The van der Waals surface area contributed by atoms with E-state index in [1.165, 1.54) is 91.8 Å². The van der Waals surface area contributed by atoms with E-state index in [2.05, 4.69) is 17.2 Å². The summed E-state index contributed by atoms with van der Waals surface area (Å²) < 4.78 is 63.7. The normalized spacial score (nSPS) is 26.4. The predicted octanol–water partition coefficient (Wildman–Crippen LogP) is 1.56. The Morgan fingerprint density at radius 2 is 1.06 bits per heavy atom. The summed E-state index contributed by atoms with van der Waals surface area (Å²) in [7, 11) is 4.18. The molecule has 4 fully saturated rings. The van der Waals surface area contributed by atoms with Crippen LogP contribution in [-0.4, -0.2) is 262 Å². The number of aliphatic hydroxyl groups excluding tert-OH is 10. The van der Waals surface area contributed by atoms with Crippen LogP contribution in [0.25, 0.3) is 0 Å². The molecule has 2 unspecified atom stereocenters. The van der Waals surface area contributed by atoms with E-state index in [4.69, 9.17) is 52.1 Å². The number of hydrogen-bond acceptors (Lipinski definition) is 27. The lowest BCUT2D eigenvalue weighted by Gasteiger charge is -2.39. The second kappa shape index (κ2) is 32.8. The number of nitrogens with one attached hydrogen (secondary N) is 2. The second-order valence-corrected chi connectivity index (χ2v) is 28.0. The van der Waals surface area contributed by atoms with E-state index >= 15 is 0 Å². The number of amides is 6. The number of ether oxygens (including phenoxy) is 11. The summed E-state index contributed by atoms with van der Waals surface area (Å²) in [6.45, 7) is 11.3. The zero-order chi connectivity index (χ0) is 75.4. The van der Waals surface area contributed by atoms with Crippen LogP contribution in [0.3, 0.4) is 0 Å². The third-order valence-corrected chi connectivity index (χ3v) is 18.6. The summed E-state index contributed by atoms with van der Waals surface area (Å²) in [5.74, 6) is -2.22. The Kier molecular flexibility index (Phi) is 24.6. The van der Waals surface area contributed by atoms with Gasteiger partial charge in [0.1, 0.15) is 73.5 Å². The fourth-order valence-electron chi connectivity index (χ4n) is 13.3. The molecule has 0 radical (unpaired) electrons. The van der Waals surface area contributed by atoms with E-state index in [0.717, 1.165) is 9.80 Å². The molecule has 104 heavy (non-hydrogen) atoms. The molecule has 10 rings (SSSR count). The van der Waals surface area contributed by atoms with Gasteiger partial charge in [-0.15, -0.1) is 0 Å². The largest absolute Gasteiger partial charge is 0.493 e. The van der Waals surface area contributed by atoms with Crippen molar-refractivity contribution in [1.29, 1.82) is 0 Å². The Labute approximate surface area is 598 Å². The van der Waals surface area contributed by atoms with Crippen molar-refractivity contribution in [2.45, 2.75) is 171 Å². The zero-order valence-corrected chi connectivity index (χ0v) is 58.9. The van der Waals surface area contributed by atoms with E-state index in [-0.39, 0.29) is 125 Å². The maximum Gasteiger partial charge on any atom is 0.416 e. The van der Waals surface area contributed by atoms with Crippen molar-refractivity contribution in [3.05, 3.63) is 106 Å². The van der Waals surface area contributed by atoms with E-state index in [1.807, 2.05) is 13.8 Å². The first kappa shape index (κ1) is 77.9. The molecule has 0 saturated carbocycles. The van der Waals surface area contributed by atoms with Gasteiger partial charge in [0.2, 0.25) is 12.6 Å². The van der Waals surface area contributed by atoms with Crippen molar-refractivity contribution in [3.8, 4) is 34.5 Å². The average Bonchev–Trinajstić information content (AvgIpc) is 1.58. The van der Waals surface area contributed by atoms with Gasteiger partial charge in [0, 0.05) is 44.4 Å². The first-order valence-corrected chi connectivity index (χ1v) is 34.0. The number of nitrogens with zero attached hydrogens (tertiary/aromatic N) is 4. The minimum atomic E-state index is -1.81. The molecule has 4 aromatic rings. The fraction of sp³-hybridized carbons (Fsp3) is 0.549. The first-order chi connectivity index (χ1) is 49.4. The molecule has 4 aromatic carbocycles. The van der Waals surface area contributed by atoms with E-state index in [0.29, 0.717) is 31.3 Å². The van der Waals surface area contributed by atoms with Gasteiger partial charge in [0.05, 0.1) is 93.0 Å². The highest BCUT2D eigenvalue weighted by atomic mass is 16.7. The number of aliphatic hydroxyl groups is 10. The molecular weight excluding hydrogens is 1370 g/mol. The summed E-state index contributed by atoms with van der Waals surface area (Å²) in [6.07, 6.45) is -20.2. The summed E-state index contributed by atoms with van der Waals surface area (Å²) in [6, 6.07) is 12.0. The summed E-state index contributed by atoms with van der Waals surface area (Å²) in [5, 5.41) is 112. The minimum Gasteiger partial charge on any atom is -0.493 e. The molecule has 4 saturated heterocycles. The van der Waals surface area contributed by atoms with E-state index in [9.17, 15) is 79.8 Å². The van der Waals surface area contributed by atoms with Crippen LogP contribution in [0.5, 0.6) is 34.5 Å². The molecule has 12 N–H and O–H groups in total. The third-order valence-electron chi connectivity index (χ3n) is 18.6. The molecule has 33 nitrogen and oxygen atoms in total. The smallest absolute Gasteiger partial charge is 0.416 e. The van der Waals surface area contributed by atoms with Crippen LogP contribution in [-0.2, 0) is 36.9 Å². The first-order valence-electron chi connectivity index (χ1n) is 34.0. The van der Waals surface area contributed by atoms with Crippen molar-refractivity contribution in [2.24, 2.45) is 5.41 Å². The third kappa shape index (κ3) is 16.8. The van der Waals surface area contributed by atoms with Gasteiger partial charge in [0.25, 0.3) is 23.6 Å². The van der Waals surface area contributed by atoms with Gasteiger partial charge in [-0.05, 0) is 106 Å². The van der Waals surface area contributed by atoms with Crippen LogP contribution in [0.1, 0.15) is 119 Å². The van der Waals surface area contributed by atoms with Crippen LogP contribution in [0.2, 0.25) is 0 Å². The standard InChI is InChI=1S/C71H92N6O27/c1-35-21-44-64(90)76(68(92)99-33-37-14-16-47(41(23-37)61(87)73-70(2,3)4)102-67-59(85)57(83)55(81)53(31-79)104-67)42-26-50(48(95-8)24-38(42)62(88)74(44)29-35)97-18-11-10-12-19-98-51-27-43-39(25-49(51)96-9)63(89)75-34-71(5,6)28-45(75)65(91)77(43)69(93)100-32-36-13-15-46(40(22-36)60(86)72-17-20-94-7)101-66-58(84)56(82)54(80)52(30-78)103-66/h13-16,22-27,44-45,52-59,64-67,78-85,90-91H,1,10-12,17-21,28-34H2,2-9H3,(H,72,86)(H,73,87)/t44-,45-,52+,53+,54-,55-,56-,57-,58+,59+,64?,65?,66+,67+/m0/s1. The van der Waals surface area contributed by atoms with Crippen molar-refractivity contribution in [2.75, 3.05) is 83.8 Å². The Morgan fingerprint density at radius 1 is 0.587 bits per heavy atom. The van der Waals surface area contributed by atoms with Crippen LogP contribution < -0.4 is 48.9 Å². The molecule has 6 aliphatic rings. The minimum absolute atomic E-state index is 0.00309. The monoisotopic (exact) mass is 1460 g/mol. The number of carbonyl (C=O) groups is 6. The molecule has 0 aromatic heterocycles.